The van der Waals surface area contributed by atoms with Crippen LogP contribution < -0.4 is 5.32 Å². The molecule has 4 nitrogen and oxygen atoms in total. The molecular formula is C14H29NO3S. The van der Waals surface area contributed by atoms with Gasteiger partial charge in [0.15, 0.2) is 9.84 Å². The molecule has 0 radical (unpaired) electrons. The summed E-state index contributed by atoms with van der Waals surface area (Å²) >= 11 is 0. The molecule has 0 saturated heterocycles. The number of sulfone groups is 1. The molecule has 0 aromatic rings. The van der Waals surface area contributed by atoms with E-state index in [2.05, 4.69) is 5.32 Å². The molecule has 1 rings (SSSR count). The zero-order chi connectivity index (χ0) is 14.1. The van der Waals surface area contributed by atoms with Crippen LogP contribution in [0.5, 0.6) is 0 Å². The van der Waals surface area contributed by atoms with Crippen LogP contribution in [-0.2, 0) is 14.6 Å². The van der Waals surface area contributed by atoms with Gasteiger partial charge < -0.3 is 10.1 Å². The van der Waals surface area contributed by atoms with Gasteiger partial charge in [-0.05, 0) is 45.6 Å². The highest BCUT2D eigenvalue weighted by Crippen LogP contribution is 2.26. The predicted molar refractivity (Wildman–Crippen MR) is 79.2 cm³/mol. The second-order valence-corrected chi connectivity index (χ2v) is 8.01. The van der Waals surface area contributed by atoms with E-state index in [1.807, 2.05) is 13.8 Å². The van der Waals surface area contributed by atoms with E-state index in [1.165, 1.54) is 12.8 Å². The van der Waals surface area contributed by atoms with Crippen molar-refractivity contribution in [3.05, 3.63) is 0 Å². The molecule has 1 N–H and O–H groups in total. The van der Waals surface area contributed by atoms with Crippen LogP contribution in [0.2, 0.25) is 0 Å². The molecule has 0 aromatic carbocycles. The van der Waals surface area contributed by atoms with Crippen molar-refractivity contribution >= 4 is 9.84 Å². The Labute approximate surface area is 118 Å². The van der Waals surface area contributed by atoms with Gasteiger partial charge >= 0.3 is 0 Å². The first-order valence-electron chi connectivity index (χ1n) is 7.56. The van der Waals surface area contributed by atoms with Crippen molar-refractivity contribution in [1.29, 1.82) is 0 Å². The SMILES string of the molecule is CCOCCCNCC(C)S(=O)(=O)CC1CCCC1. The van der Waals surface area contributed by atoms with Crippen molar-refractivity contribution in [3.63, 3.8) is 0 Å². The maximum Gasteiger partial charge on any atom is 0.154 e. The third kappa shape index (κ3) is 6.72. The summed E-state index contributed by atoms with van der Waals surface area (Å²) in [5.41, 5.74) is 0. The maximum absolute atomic E-state index is 12.2. The molecule has 0 bridgehead atoms. The van der Waals surface area contributed by atoms with E-state index >= 15 is 0 Å². The van der Waals surface area contributed by atoms with Gasteiger partial charge in [-0.1, -0.05) is 12.8 Å². The highest BCUT2D eigenvalue weighted by molar-refractivity contribution is 7.92. The number of hydrogen-bond donors (Lipinski definition) is 1. The minimum absolute atomic E-state index is 0.278. The molecule has 0 aliphatic heterocycles. The molecule has 5 heteroatoms. The van der Waals surface area contributed by atoms with Crippen molar-refractivity contribution in [2.45, 2.75) is 51.2 Å². The zero-order valence-electron chi connectivity index (χ0n) is 12.4. The summed E-state index contributed by atoms with van der Waals surface area (Å²) in [7, 11) is -2.93. The van der Waals surface area contributed by atoms with Gasteiger partial charge in [0, 0.05) is 19.8 Å². The van der Waals surface area contributed by atoms with Gasteiger partial charge in [-0.25, -0.2) is 8.42 Å². The van der Waals surface area contributed by atoms with Crippen molar-refractivity contribution in [1.82, 2.24) is 5.32 Å². The normalized spacial score (nSPS) is 18.8. The van der Waals surface area contributed by atoms with E-state index in [0.717, 1.165) is 39.0 Å². The minimum atomic E-state index is -2.93. The van der Waals surface area contributed by atoms with Crippen LogP contribution in [0, 0.1) is 5.92 Å². The Hall–Kier alpha value is -0.130. The van der Waals surface area contributed by atoms with Crippen molar-refractivity contribution < 1.29 is 13.2 Å². The molecule has 114 valence electrons. The van der Waals surface area contributed by atoms with Crippen LogP contribution in [0.15, 0.2) is 0 Å². The maximum atomic E-state index is 12.2. The van der Waals surface area contributed by atoms with Crippen molar-refractivity contribution in [2.24, 2.45) is 5.92 Å². The monoisotopic (exact) mass is 291 g/mol. The molecular weight excluding hydrogens is 262 g/mol. The molecule has 1 saturated carbocycles. The van der Waals surface area contributed by atoms with Crippen LogP contribution >= 0.6 is 0 Å². The average Bonchev–Trinajstić information content (AvgIpc) is 2.85. The highest BCUT2D eigenvalue weighted by atomic mass is 32.2. The molecule has 0 heterocycles. The first-order valence-corrected chi connectivity index (χ1v) is 9.28. The molecule has 1 atom stereocenters. The fourth-order valence-electron chi connectivity index (χ4n) is 2.55. The lowest BCUT2D eigenvalue weighted by atomic mass is 10.1. The fraction of sp³-hybridized carbons (Fsp3) is 1.00. The van der Waals surface area contributed by atoms with Crippen molar-refractivity contribution in [3.8, 4) is 0 Å². The molecule has 1 aliphatic carbocycles. The number of ether oxygens (including phenoxy) is 1. The van der Waals surface area contributed by atoms with Crippen LogP contribution in [0.1, 0.15) is 46.0 Å². The highest BCUT2D eigenvalue weighted by Gasteiger charge is 2.26. The fourth-order valence-corrected chi connectivity index (χ4v) is 4.24. The van der Waals surface area contributed by atoms with Crippen LogP contribution in [0.25, 0.3) is 0 Å². The van der Waals surface area contributed by atoms with Gasteiger partial charge in [-0.2, -0.15) is 0 Å². The summed E-state index contributed by atoms with van der Waals surface area (Å²) in [6, 6.07) is 0. The van der Waals surface area contributed by atoms with E-state index in [4.69, 9.17) is 4.74 Å². The Kier molecular flexibility index (Phi) is 7.95. The molecule has 0 aromatic heterocycles. The summed E-state index contributed by atoms with van der Waals surface area (Å²) in [6.07, 6.45) is 5.51. The Balaban J connectivity index is 2.17. The first kappa shape index (κ1) is 16.9. The summed E-state index contributed by atoms with van der Waals surface area (Å²) in [6.45, 7) is 6.66. The van der Waals surface area contributed by atoms with Gasteiger partial charge in [0.1, 0.15) is 0 Å². The van der Waals surface area contributed by atoms with E-state index in [-0.39, 0.29) is 5.25 Å². The third-order valence-electron chi connectivity index (χ3n) is 3.83. The van der Waals surface area contributed by atoms with Gasteiger partial charge in [0.05, 0.1) is 11.0 Å². The van der Waals surface area contributed by atoms with E-state index < -0.39 is 9.84 Å². The second kappa shape index (κ2) is 8.93. The van der Waals surface area contributed by atoms with E-state index in [1.54, 1.807) is 0 Å². The average molecular weight is 291 g/mol. The van der Waals surface area contributed by atoms with Gasteiger partial charge in [0.25, 0.3) is 0 Å². The second-order valence-electron chi connectivity index (χ2n) is 5.55. The Bertz CT molecular complexity index is 324. The number of hydrogen-bond acceptors (Lipinski definition) is 4. The molecule has 0 amide bonds. The molecule has 1 unspecified atom stereocenters. The quantitative estimate of drug-likeness (QED) is 0.626. The number of nitrogens with one attached hydrogen (secondary N) is 1. The van der Waals surface area contributed by atoms with Crippen LogP contribution in [-0.4, -0.2) is 45.7 Å². The van der Waals surface area contributed by atoms with Crippen molar-refractivity contribution in [2.75, 3.05) is 32.1 Å². The summed E-state index contributed by atoms with van der Waals surface area (Å²) in [4.78, 5) is 0. The Morgan fingerprint density at radius 1 is 1.32 bits per heavy atom. The van der Waals surface area contributed by atoms with Gasteiger partial charge in [-0.15, -0.1) is 0 Å². The topological polar surface area (TPSA) is 55.4 Å². The summed E-state index contributed by atoms with van der Waals surface area (Å²) < 4.78 is 29.6. The lowest BCUT2D eigenvalue weighted by Crippen LogP contribution is -2.34. The lowest BCUT2D eigenvalue weighted by molar-refractivity contribution is 0.145. The van der Waals surface area contributed by atoms with E-state index in [9.17, 15) is 8.42 Å². The zero-order valence-corrected chi connectivity index (χ0v) is 13.2. The predicted octanol–water partition coefficient (Wildman–Crippen LogP) is 2.00. The lowest BCUT2D eigenvalue weighted by Gasteiger charge is -2.16. The Morgan fingerprint density at radius 3 is 2.63 bits per heavy atom. The molecule has 0 spiro atoms. The summed E-state index contributed by atoms with van der Waals surface area (Å²) in [5.74, 6) is 0.792. The first-order chi connectivity index (χ1) is 9.06. The van der Waals surface area contributed by atoms with Gasteiger partial charge in [-0.3, -0.25) is 0 Å². The largest absolute Gasteiger partial charge is 0.382 e. The molecule has 19 heavy (non-hydrogen) atoms. The summed E-state index contributed by atoms with van der Waals surface area (Å²) in [5, 5.41) is 2.94. The minimum Gasteiger partial charge on any atom is -0.382 e. The van der Waals surface area contributed by atoms with Crippen LogP contribution in [0.4, 0.5) is 0 Å². The Morgan fingerprint density at radius 2 is 2.00 bits per heavy atom. The number of rotatable bonds is 10. The van der Waals surface area contributed by atoms with Crippen LogP contribution in [0.3, 0.4) is 0 Å². The molecule has 1 aliphatic rings. The van der Waals surface area contributed by atoms with E-state index in [0.29, 0.717) is 18.2 Å². The third-order valence-corrected chi connectivity index (χ3v) is 6.16. The smallest absolute Gasteiger partial charge is 0.154 e. The standard InChI is InChI=1S/C14H29NO3S/c1-3-18-10-6-9-15-11-13(2)19(16,17)12-14-7-4-5-8-14/h13-15H,3-12H2,1-2H3. The molecule has 1 fully saturated rings. The van der Waals surface area contributed by atoms with Gasteiger partial charge in [0.2, 0.25) is 0 Å².